The molecule has 0 bridgehead atoms. The summed E-state index contributed by atoms with van der Waals surface area (Å²) in [5.41, 5.74) is 8.30. The topological polar surface area (TPSA) is 48.1 Å². The molecule has 0 aliphatic carbocycles. The van der Waals surface area contributed by atoms with Crippen molar-refractivity contribution < 1.29 is 4.74 Å². The molecule has 2 heterocycles. The van der Waals surface area contributed by atoms with Crippen molar-refractivity contribution in [3.8, 4) is 0 Å². The van der Waals surface area contributed by atoms with E-state index in [9.17, 15) is 0 Å². The molecule has 2 aromatic rings. The summed E-state index contributed by atoms with van der Waals surface area (Å²) in [5.74, 6) is 0. The molecule has 3 nitrogen and oxygen atoms in total. The zero-order chi connectivity index (χ0) is 11.7. The van der Waals surface area contributed by atoms with E-state index < -0.39 is 0 Å². The molecular weight excluding hydrogens is 212 g/mol. The van der Waals surface area contributed by atoms with Gasteiger partial charge in [0, 0.05) is 18.2 Å². The molecule has 0 amide bonds. The number of rotatable bonds is 2. The fourth-order valence-electron chi connectivity index (χ4n) is 2.37. The van der Waals surface area contributed by atoms with Crippen LogP contribution in [0.5, 0.6) is 0 Å². The highest BCUT2D eigenvalue weighted by Crippen LogP contribution is 2.26. The minimum Gasteiger partial charge on any atom is -0.376 e. The first-order valence-corrected chi connectivity index (χ1v) is 6.06. The maximum Gasteiger partial charge on any atom is 0.0769 e. The molecule has 3 heteroatoms. The van der Waals surface area contributed by atoms with Crippen molar-refractivity contribution in [1.29, 1.82) is 0 Å². The second-order valence-electron chi connectivity index (χ2n) is 4.54. The lowest BCUT2D eigenvalue weighted by Gasteiger charge is -2.18. The van der Waals surface area contributed by atoms with E-state index in [2.05, 4.69) is 17.1 Å². The van der Waals surface area contributed by atoms with Gasteiger partial charge in [0.25, 0.3) is 0 Å². The van der Waals surface area contributed by atoms with Crippen molar-refractivity contribution in [3.05, 3.63) is 42.1 Å². The standard InChI is InChI=1S/C14H16N2O/c15-14(13-6-3-7-17-13)11-8-10-4-1-2-5-12(10)16-9-11/h1-2,4-5,8-9,13-14H,3,6-7,15H2. The van der Waals surface area contributed by atoms with Crippen LogP contribution >= 0.6 is 0 Å². The third-order valence-electron chi connectivity index (χ3n) is 3.36. The molecule has 0 radical (unpaired) electrons. The monoisotopic (exact) mass is 228 g/mol. The molecule has 1 aromatic carbocycles. The van der Waals surface area contributed by atoms with E-state index >= 15 is 0 Å². The molecule has 2 N–H and O–H groups in total. The van der Waals surface area contributed by atoms with Gasteiger partial charge in [0.15, 0.2) is 0 Å². The molecule has 1 aromatic heterocycles. The lowest BCUT2D eigenvalue weighted by Crippen LogP contribution is -2.25. The smallest absolute Gasteiger partial charge is 0.0769 e. The third kappa shape index (κ3) is 2.04. The van der Waals surface area contributed by atoms with Crippen LogP contribution in [0, 0.1) is 0 Å². The summed E-state index contributed by atoms with van der Waals surface area (Å²) < 4.78 is 5.63. The molecule has 0 saturated carbocycles. The molecule has 1 fully saturated rings. The Morgan fingerprint density at radius 2 is 2.24 bits per heavy atom. The Bertz CT molecular complexity index is 520. The number of nitrogens with two attached hydrogens (primary N) is 1. The van der Waals surface area contributed by atoms with Crippen LogP contribution in [0.15, 0.2) is 36.5 Å². The van der Waals surface area contributed by atoms with Crippen molar-refractivity contribution in [1.82, 2.24) is 4.98 Å². The maximum absolute atomic E-state index is 6.23. The number of aromatic nitrogens is 1. The summed E-state index contributed by atoms with van der Waals surface area (Å²) in [6.07, 6.45) is 4.18. The molecule has 17 heavy (non-hydrogen) atoms. The van der Waals surface area contributed by atoms with Gasteiger partial charge in [-0.1, -0.05) is 18.2 Å². The number of hydrogen-bond donors (Lipinski definition) is 1. The zero-order valence-corrected chi connectivity index (χ0v) is 9.67. The van der Waals surface area contributed by atoms with E-state index in [1.54, 1.807) is 0 Å². The highest BCUT2D eigenvalue weighted by atomic mass is 16.5. The summed E-state index contributed by atoms with van der Waals surface area (Å²) in [6.45, 7) is 0.833. The lowest BCUT2D eigenvalue weighted by molar-refractivity contribution is 0.0900. The van der Waals surface area contributed by atoms with Crippen LogP contribution in [0.3, 0.4) is 0 Å². The predicted octanol–water partition coefficient (Wildman–Crippen LogP) is 2.41. The van der Waals surface area contributed by atoms with Crippen molar-refractivity contribution in [2.24, 2.45) is 5.73 Å². The van der Waals surface area contributed by atoms with Crippen LogP contribution in [0.25, 0.3) is 10.9 Å². The van der Waals surface area contributed by atoms with E-state index in [1.807, 2.05) is 24.4 Å². The Hall–Kier alpha value is -1.45. The fraction of sp³-hybridized carbons (Fsp3) is 0.357. The van der Waals surface area contributed by atoms with Crippen molar-refractivity contribution in [2.75, 3.05) is 6.61 Å². The second kappa shape index (κ2) is 4.43. The number of benzene rings is 1. The third-order valence-corrected chi connectivity index (χ3v) is 3.36. The quantitative estimate of drug-likeness (QED) is 0.858. The molecule has 1 aliphatic rings. The first-order chi connectivity index (χ1) is 8.34. The SMILES string of the molecule is NC(c1cnc2ccccc2c1)C1CCCO1. The van der Waals surface area contributed by atoms with Crippen molar-refractivity contribution >= 4 is 10.9 Å². The van der Waals surface area contributed by atoms with Crippen LogP contribution in [-0.2, 0) is 4.74 Å². The van der Waals surface area contributed by atoms with E-state index in [0.717, 1.165) is 35.9 Å². The molecule has 3 rings (SSSR count). The number of pyridine rings is 1. The molecule has 88 valence electrons. The van der Waals surface area contributed by atoms with Crippen LogP contribution in [-0.4, -0.2) is 17.7 Å². The number of hydrogen-bond acceptors (Lipinski definition) is 3. The predicted molar refractivity (Wildman–Crippen MR) is 67.6 cm³/mol. The minimum atomic E-state index is -0.0605. The van der Waals surface area contributed by atoms with Crippen LogP contribution < -0.4 is 5.73 Å². The van der Waals surface area contributed by atoms with Gasteiger partial charge in [0.2, 0.25) is 0 Å². The van der Waals surface area contributed by atoms with Gasteiger partial charge in [-0.2, -0.15) is 0 Å². The van der Waals surface area contributed by atoms with E-state index in [1.165, 1.54) is 0 Å². The molecule has 1 aliphatic heterocycles. The Morgan fingerprint density at radius 3 is 3.06 bits per heavy atom. The molecule has 2 unspecified atom stereocenters. The first-order valence-electron chi connectivity index (χ1n) is 6.06. The molecular formula is C14H16N2O. The van der Waals surface area contributed by atoms with Crippen LogP contribution in [0.4, 0.5) is 0 Å². The van der Waals surface area contributed by atoms with Crippen LogP contribution in [0.2, 0.25) is 0 Å². The van der Waals surface area contributed by atoms with E-state index in [4.69, 9.17) is 10.5 Å². The highest BCUT2D eigenvalue weighted by molar-refractivity contribution is 5.78. The fourth-order valence-corrected chi connectivity index (χ4v) is 2.37. The Morgan fingerprint density at radius 1 is 1.35 bits per heavy atom. The average molecular weight is 228 g/mol. The molecule has 2 atom stereocenters. The van der Waals surface area contributed by atoms with E-state index in [-0.39, 0.29) is 12.1 Å². The maximum atomic E-state index is 6.23. The molecule has 0 spiro atoms. The van der Waals surface area contributed by atoms with Crippen molar-refractivity contribution in [2.45, 2.75) is 25.0 Å². The van der Waals surface area contributed by atoms with Gasteiger partial charge in [-0.3, -0.25) is 4.98 Å². The average Bonchev–Trinajstić information content (AvgIpc) is 2.91. The van der Waals surface area contributed by atoms with Gasteiger partial charge in [-0.05, 0) is 30.5 Å². The summed E-state index contributed by atoms with van der Waals surface area (Å²) >= 11 is 0. The minimum absolute atomic E-state index is 0.0605. The molecule has 1 saturated heterocycles. The normalized spacial score (nSPS) is 21.8. The summed E-state index contributed by atoms with van der Waals surface area (Å²) in [4.78, 5) is 4.44. The van der Waals surface area contributed by atoms with Gasteiger partial charge in [-0.25, -0.2) is 0 Å². The first kappa shape index (κ1) is 10.7. The largest absolute Gasteiger partial charge is 0.376 e. The second-order valence-corrected chi connectivity index (χ2v) is 4.54. The number of fused-ring (bicyclic) bond motifs is 1. The van der Waals surface area contributed by atoms with Gasteiger partial charge < -0.3 is 10.5 Å². The van der Waals surface area contributed by atoms with Crippen molar-refractivity contribution in [3.63, 3.8) is 0 Å². The van der Waals surface area contributed by atoms with Gasteiger partial charge in [0.1, 0.15) is 0 Å². The Balaban J connectivity index is 1.94. The number of ether oxygens (including phenoxy) is 1. The van der Waals surface area contributed by atoms with Gasteiger partial charge in [0.05, 0.1) is 17.7 Å². The van der Waals surface area contributed by atoms with Gasteiger partial charge >= 0.3 is 0 Å². The van der Waals surface area contributed by atoms with Gasteiger partial charge in [-0.15, -0.1) is 0 Å². The summed E-state index contributed by atoms with van der Waals surface area (Å²) in [5, 5.41) is 1.14. The summed E-state index contributed by atoms with van der Waals surface area (Å²) in [7, 11) is 0. The zero-order valence-electron chi connectivity index (χ0n) is 9.67. The lowest BCUT2D eigenvalue weighted by atomic mass is 10.0. The number of nitrogens with zero attached hydrogens (tertiary/aromatic N) is 1. The summed E-state index contributed by atoms with van der Waals surface area (Å²) in [6, 6.07) is 10.1. The number of para-hydroxylation sites is 1. The highest BCUT2D eigenvalue weighted by Gasteiger charge is 2.24. The Labute approximate surface area is 101 Å². The van der Waals surface area contributed by atoms with Crippen LogP contribution in [0.1, 0.15) is 24.4 Å². The van der Waals surface area contributed by atoms with E-state index in [0.29, 0.717) is 0 Å². The Kier molecular flexibility index (Phi) is 2.79.